The highest BCUT2D eigenvalue weighted by molar-refractivity contribution is 9.10. The number of benzene rings is 1. The molecule has 0 aliphatic heterocycles. The highest BCUT2D eigenvalue weighted by atomic mass is 79.9. The van der Waals surface area contributed by atoms with Crippen molar-refractivity contribution in [3.8, 4) is 0 Å². The molecule has 1 rings (SSSR count). The maximum atomic E-state index is 12.1. The molecule has 0 aromatic heterocycles. The van der Waals surface area contributed by atoms with E-state index in [2.05, 4.69) is 21.2 Å². The number of nitrogens with two attached hydrogens (primary N) is 1. The fourth-order valence-electron chi connectivity index (χ4n) is 1.42. The van der Waals surface area contributed by atoms with Crippen LogP contribution in [0.25, 0.3) is 0 Å². The predicted molar refractivity (Wildman–Crippen MR) is 75.3 cm³/mol. The van der Waals surface area contributed by atoms with E-state index in [9.17, 15) is 4.79 Å². The second kappa shape index (κ2) is 5.85. The summed E-state index contributed by atoms with van der Waals surface area (Å²) in [5.74, 6) is -0.189. The fraction of sp³-hybridized carbons (Fsp3) is 0.417. The van der Waals surface area contributed by atoms with Crippen LogP contribution in [-0.4, -0.2) is 11.4 Å². The lowest BCUT2D eigenvalue weighted by molar-refractivity contribution is -0.121. The highest BCUT2D eigenvalue weighted by Crippen LogP contribution is 2.30. The van der Waals surface area contributed by atoms with Gasteiger partial charge in [0.1, 0.15) is 0 Å². The monoisotopic (exact) mass is 318 g/mol. The van der Waals surface area contributed by atoms with Gasteiger partial charge in [-0.2, -0.15) is 0 Å². The Morgan fingerprint density at radius 1 is 1.47 bits per heavy atom. The van der Waals surface area contributed by atoms with Gasteiger partial charge < -0.3 is 11.1 Å². The maximum absolute atomic E-state index is 12.1. The molecular formula is C12H16BrClN2O. The number of halogens is 2. The first-order valence-corrected chi connectivity index (χ1v) is 6.66. The molecular weight excluding hydrogens is 304 g/mol. The summed E-state index contributed by atoms with van der Waals surface area (Å²) >= 11 is 9.28. The number of amides is 1. The summed E-state index contributed by atoms with van der Waals surface area (Å²) in [4.78, 5) is 12.1. The lowest BCUT2D eigenvalue weighted by Gasteiger charge is -2.25. The number of hydrogen-bond acceptors (Lipinski definition) is 2. The summed E-state index contributed by atoms with van der Waals surface area (Å²) in [6.07, 6.45) is 1.18. The molecule has 1 aromatic rings. The summed E-state index contributed by atoms with van der Waals surface area (Å²) in [5, 5.41) is 3.35. The Bertz CT molecular complexity index is 419. The van der Waals surface area contributed by atoms with E-state index in [1.807, 2.05) is 13.8 Å². The zero-order valence-electron chi connectivity index (χ0n) is 9.89. The quantitative estimate of drug-likeness (QED) is 0.891. The lowest BCUT2D eigenvalue weighted by atomic mass is 9.93. The zero-order chi connectivity index (χ0) is 13.1. The van der Waals surface area contributed by atoms with Crippen molar-refractivity contribution in [2.24, 2.45) is 5.73 Å². The molecule has 3 N–H and O–H groups in total. The van der Waals surface area contributed by atoms with Gasteiger partial charge in [-0.25, -0.2) is 0 Å². The second-order valence-electron chi connectivity index (χ2n) is 3.92. The standard InChI is InChI=1S/C12H16BrClN2O/c1-3-12(15,4-2)11(17)16-9-7-5-6-8(14)10(9)13/h5-7H,3-4,15H2,1-2H3,(H,16,17). The van der Waals surface area contributed by atoms with E-state index >= 15 is 0 Å². The summed E-state index contributed by atoms with van der Waals surface area (Å²) in [6, 6.07) is 5.30. The van der Waals surface area contributed by atoms with Crippen molar-refractivity contribution in [3.05, 3.63) is 27.7 Å². The van der Waals surface area contributed by atoms with E-state index in [0.29, 0.717) is 28.0 Å². The molecule has 0 fully saturated rings. The van der Waals surface area contributed by atoms with Gasteiger partial charge in [-0.05, 0) is 40.9 Å². The van der Waals surface area contributed by atoms with E-state index in [0.717, 1.165) is 0 Å². The topological polar surface area (TPSA) is 55.1 Å². The molecule has 0 aliphatic rings. The molecule has 94 valence electrons. The molecule has 0 atom stereocenters. The normalized spacial score (nSPS) is 11.4. The molecule has 1 amide bonds. The Morgan fingerprint density at radius 2 is 2.06 bits per heavy atom. The molecule has 0 bridgehead atoms. The van der Waals surface area contributed by atoms with Crippen molar-refractivity contribution >= 4 is 39.1 Å². The Morgan fingerprint density at radius 3 is 2.59 bits per heavy atom. The van der Waals surface area contributed by atoms with Crippen LogP contribution in [0, 0.1) is 0 Å². The predicted octanol–water partition coefficient (Wildman–Crippen LogP) is 3.56. The van der Waals surface area contributed by atoms with Crippen LogP contribution in [0.1, 0.15) is 26.7 Å². The van der Waals surface area contributed by atoms with Crippen molar-refractivity contribution in [3.63, 3.8) is 0 Å². The van der Waals surface area contributed by atoms with Gasteiger partial charge in [0.2, 0.25) is 5.91 Å². The molecule has 3 nitrogen and oxygen atoms in total. The van der Waals surface area contributed by atoms with E-state index in [1.54, 1.807) is 18.2 Å². The molecule has 0 unspecified atom stereocenters. The molecule has 0 heterocycles. The minimum atomic E-state index is -0.832. The molecule has 0 saturated carbocycles. The first-order chi connectivity index (χ1) is 7.94. The highest BCUT2D eigenvalue weighted by Gasteiger charge is 2.30. The third-order valence-corrected chi connectivity index (χ3v) is 4.31. The number of hydrogen-bond donors (Lipinski definition) is 2. The number of rotatable bonds is 4. The van der Waals surface area contributed by atoms with Crippen molar-refractivity contribution in [2.75, 3.05) is 5.32 Å². The SMILES string of the molecule is CCC(N)(CC)C(=O)Nc1cccc(Cl)c1Br. The Labute approximate surface area is 115 Å². The van der Waals surface area contributed by atoms with E-state index in [-0.39, 0.29) is 5.91 Å². The minimum Gasteiger partial charge on any atom is -0.323 e. The number of carbonyl (C=O) groups excluding carboxylic acids is 1. The van der Waals surface area contributed by atoms with Crippen molar-refractivity contribution < 1.29 is 4.79 Å². The Kier molecular flexibility index (Phi) is 4.98. The average molecular weight is 320 g/mol. The average Bonchev–Trinajstić information content (AvgIpc) is 2.33. The molecule has 5 heteroatoms. The van der Waals surface area contributed by atoms with Crippen LogP contribution in [0.4, 0.5) is 5.69 Å². The Balaban J connectivity index is 2.92. The molecule has 0 radical (unpaired) electrons. The molecule has 0 aliphatic carbocycles. The van der Waals surface area contributed by atoms with Crippen LogP contribution in [0.2, 0.25) is 5.02 Å². The molecule has 0 saturated heterocycles. The summed E-state index contributed by atoms with van der Waals surface area (Å²) in [7, 11) is 0. The smallest absolute Gasteiger partial charge is 0.244 e. The van der Waals surface area contributed by atoms with Crippen LogP contribution in [0.3, 0.4) is 0 Å². The van der Waals surface area contributed by atoms with Gasteiger partial charge in [0, 0.05) is 0 Å². The van der Waals surface area contributed by atoms with E-state index < -0.39 is 5.54 Å². The van der Waals surface area contributed by atoms with Gasteiger partial charge in [0.25, 0.3) is 0 Å². The fourth-order valence-corrected chi connectivity index (χ4v) is 1.96. The molecule has 0 spiro atoms. The van der Waals surface area contributed by atoms with Gasteiger partial charge in [0.05, 0.1) is 20.7 Å². The van der Waals surface area contributed by atoms with E-state index in [4.69, 9.17) is 17.3 Å². The van der Waals surface area contributed by atoms with Crippen molar-refractivity contribution in [1.29, 1.82) is 0 Å². The minimum absolute atomic E-state index is 0.189. The third-order valence-electron chi connectivity index (χ3n) is 2.91. The maximum Gasteiger partial charge on any atom is 0.244 e. The molecule has 17 heavy (non-hydrogen) atoms. The first-order valence-electron chi connectivity index (χ1n) is 5.49. The molecule has 1 aromatic carbocycles. The van der Waals surface area contributed by atoms with Crippen LogP contribution in [0.5, 0.6) is 0 Å². The second-order valence-corrected chi connectivity index (χ2v) is 5.12. The summed E-state index contributed by atoms with van der Waals surface area (Å²) in [6.45, 7) is 3.80. The number of carbonyl (C=O) groups is 1. The van der Waals surface area contributed by atoms with Gasteiger partial charge in [-0.3, -0.25) is 4.79 Å². The van der Waals surface area contributed by atoms with Gasteiger partial charge in [-0.1, -0.05) is 31.5 Å². The van der Waals surface area contributed by atoms with Crippen molar-refractivity contribution in [2.45, 2.75) is 32.2 Å². The van der Waals surface area contributed by atoms with Crippen LogP contribution in [-0.2, 0) is 4.79 Å². The lowest BCUT2D eigenvalue weighted by Crippen LogP contribution is -2.50. The van der Waals surface area contributed by atoms with Crippen LogP contribution >= 0.6 is 27.5 Å². The number of anilines is 1. The van der Waals surface area contributed by atoms with Gasteiger partial charge in [-0.15, -0.1) is 0 Å². The number of nitrogens with one attached hydrogen (secondary N) is 1. The largest absolute Gasteiger partial charge is 0.323 e. The van der Waals surface area contributed by atoms with E-state index in [1.165, 1.54) is 0 Å². The van der Waals surface area contributed by atoms with Gasteiger partial charge in [0.15, 0.2) is 0 Å². The van der Waals surface area contributed by atoms with Crippen LogP contribution < -0.4 is 11.1 Å². The van der Waals surface area contributed by atoms with Crippen molar-refractivity contribution in [1.82, 2.24) is 0 Å². The third kappa shape index (κ3) is 3.21. The first kappa shape index (κ1) is 14.5. The summed E-state index contributed by atoms with van der Waals surface area (Å²) in [5.41, 5.74) is 5.82. The Hall–Kier alpha value is -0.580. The van der Waals surface area contributed by atoms with Crippen LogP contribution in [0.15, 0.2) is 22.7 Å². The zero-order valence-corrected chi connectivity index (χ0v) is 12.2. The van der Waals surface area contributed by atoms with Gasteiger partial charge >= 0.3 is 0 Å². The summed E-state index contributed by atoms with van der Waals surface area (Å²) < 4.78 is 0.671.